The van der Waals surface area contributed by atoms with E-state index in [-0.39, 0.29) is 5.49 Å². The van der Waals surface area contributed by atoms with Crippen LogP contribution < -0.4 is 5.49 Å². The van der Waals surface area contributed by atoms with Crippen molar-refractivity contribution < 1.29 is 0 Å². The van der Waals surface area contributed by atoms with Gasteiger partial charge < -0.3 is 9.55 Å². The first-order valence-electron chi connectivity index (χ1n) is 8.14. The van der Waals surface area contributed by atoms with Gasteiger partial charge in [-0.2, -0.15) is 11.8 Å². The van der Waals surface area contributed by atoms with Gasteiger partial charge in [0.2, 0.25) is 0 Å². The maximum atomic E-state index is 8.10. The lowest BCUT2D eigenvalue weighted by atomic mass is 10.0. The van der Waals surface area contributed by atoms with Gasteiger partial charge in [-0.25, -0.2) is 9.97 Å². The van der Waals surface area contributed by atoms with Gasteiger partial charge in [0.15, 0.2) is 11.1 Å². The Kier molecular flexibility index (Phi) is 4.75. The molecule has 25 heavy (non-hydrogen) atoms. The number of fused-ring (bicyclic) bond motifs is 1. The summed E-state index contributed by atoms with van der Waals surface area (Å²) in [7, 11) is 0. The highest BCUT2D eigenvalue weighted by atomic mass is 35.5. The number of hydrogen-bond donors (Lipinski definition) is 2. The molecule has 0 unspecified atom stereocenters. The highest BCUT2D eigenvalue weighted by Gasteiger charge is 2.21. The summed E-state index contributed by atoms with van der Waals surface area (Å²) < 4.78 is 1.90. The van der Waals surface area contributed by atoms with E-state index in [0.717, 1.165) is 41.4 Å². The number of hydrogen-bond acceptors (Lipinski definition) is 4. The Labute approximate surface area is 159 Å². The van der Waals surface area contributed by atoms with Crippen LogP contribution in [0.15, 0.2) is 24.5 Å². The molecule has 130 valence electrons. The van der Waals surface area contributed by atoms with Gasteiger partial charge in [-0.05, 0) is 36.5 Å². The van der Waals surface area contributed by atoms with E-state index < -0.39 is 0 Å². The Balaban J connectivity index is 1.78. The summed E-state index contributed by atoms with van der Waals surface area (Å²) in [5, 5.41) is 9.33. The van der Waals surface area contributed by atoms with Crippen molar-refractivity contribution in [3.05, 3.63) is 51.4 Å². The fourth-order valence-electron chi connectivity index (χ4n) is 3.14. The molecule has 2 aromatic heterocycles. The van der Waals surface area contributed by atoms with Gasteiger partial charge >= 0.3 is 0 Å². The van der Waals surface area contributed by atoms with E-state index in [2.05, 4.69) is 9.97 Å². The van der Waals surface area contributed by atoms with Crippen LogP contribution in [-0.2, 0) is 6.54 Å². The number of benzene rings is 1. The summed E-state index contributed by atoms with van der Waals surface area (Å²) in [5.74, 6) is 3.69. The van der Waals surface area contributed by atoms with Gasteiger partial charge in [-0.1, -0.05) is 29.3 Å². The van der Waals surface area contributed by atoms with Gasteiger partial charge in [-0.3, -0.25) is 5.41 Å². The van der Waals surface area contributed by atoms with Crippen molar-refractivity contribution in [3.63, 3.8) is 0 Å². The zero-order valence-electron chi connectivity index (χ0n) is 13.4. The maximum Gasteiger partial charge on any atom is 0.173 e. The molecule has 0 spiro atoms. The van der Waals surface area contributed by atoms with Crippen molar-refractivity contribution in [2.75, 3.05) is 11.5 Å². The van der Waals surface area contributed by atoms with Crippen molar-refractivity contribution >= 4 is 46.1 Å². The van der Waals surface area contributed by atoms with Crippen molar-refractivity contribution in [2.24, 2.45) is 0 Å². The predicted octanol–water partition coefficient (Wildman–Crippen LogP) is 4.20. The maximum absolute atomic E-state index is 8.10. The zero-order chi connectivity index (χ0) is 17.4. The first-order valence-corrected chi connectivity index (χ1v) is 10.0. The van der Waals surface area contributed by atoms with Crippen LogP contribution >= 0.6 is 35.0 Å². The number of imidazole rings is 1. The third-order valence-corrected chi connectivity index (χ3v) is 6.29. The van der Waals surface area contributed by atoms with E-state index in [4.69, 9.17) is 33.6 Å². The minimum atomic E-state index is 0.209. The molecular formula is C17H17Cl2N5S. The average Bonchev–Trinajstić information content (AvgIpc) is 3.07. The largest absolute Gasteiger partial charge is 0.337 e. The summed E-state index contributed by atoms with van der Waals surface area (Å²) >= 11 is 14.6. The number of aromatic amines is 1. The molecule has 0 radical (unpaired) electrons. The standard InChI is InChI=1S/C17H17Cl2N5S/c18-12-2-1-3-13(19)11(12)8-24-9-21-15(20)14-17(24)23-16(22-14)10-4-6-25-7-5-10/h1-3,9-10,20H,4-8H2,(H,22,23). The number of thioether (sulfide) groups is 1. The molecule has 3 aromatic rings. The quantitative estimate of drug-likeness (QED) is 0.699. The fourth-order valence-corrected chi connectivity index (χ4v) is 4.76. The van der Waals surface area contributed by atoms with E-state index >= 15 is 0 Å². The van der Waals surface area contributed by atoms with E-state index in [9.17, 15) is 0 Å². The Morgan fingerprint density at radius 1 is 1.24 bits per heavy atom. The zero-order valence-corrected chi connectivity index (χ0v) is 15.8. The summed E-state index contributed by atoms with van der Waals surface area (Å²) in [4.78, 5) is 12.3. The molecule has 0 aliphatic carbocycles. The SMILES string of the molecule is N=c1ncn(Cc2c(Cl)cccc2Cl)c2nc(C3CCSCC3)[nH]c12. The molecule has 1 saturated heterocycles. The van der Waals surface area contributed by atoms with E-state index in [1.165, 1.54) is 0 Å². The Bertz CT molecular complexity index is 955. The van der Waals surface area contributed by atoms with Crippen molar-refractivity contribution in [3.8, 4) is 0 Å². The van der Waals surface area contributed by atoms with Crippen LogP contribution in [0.25, 0.3) is 11.2 Å². The molecule has 2 N–H and O–H groups in total. The number of halogens is 2. The average molecular weight is 394 g/mol. The fraction of sp³-hybridized carbons (Fsp3) is 0.353. The summed E-state index contributed by atoms with van der Waals surface area (Å²) in [6.07, 6.45) is 3.86. The molecule has 3 heterocycles. The number of nitrogens with zero attached hydrogens (tertiary/aromatic N) is 3. The lowest BCUT2D eigenvalue weighted by Crippen LogP contribution is -2.13. The number of aromatic nitrogens is 4. The normalized spacial score (nSPS) is 15.8. The molecule has 0 bridgehead atoms. The third-order valence-electron chi connectivity index (χ3n) is 4.54. The topological polar surface area (TPSA) is 70.3 Å². The Morgan fingerprint density at radius 3 is 2.68 bits per heavy atom. The first-order chi connectivity index (χ1) is 12.1. The summed E-state index contributed by atoms with van der Waals surface area (Å²) in [5.41, 5.74) is 2.43. The summed E-state index contributed by atoms with van der Waals surface area (Å²) in [6, 6.07) is 5.47. The van der Waals surface area contributed by atoms with Gasteiger partial charge in [-0.15, -0.1) is 0 Å². The van der Waals surface area contributed by atoms with Crippen LogP contribution in [0.3, 0.4) is 0 Å². The highest BCUT2D eigenvalue weighted by Crippen LogP contribution is 2.31. The van der Waals surface area contributed by atoms with Crippen LogP contribution in [0.5, 0.6) is 0 Å². The Morgan fingerprint density at radius 2 is 1.96 bits per heavy atom. The van der Waals surface area contributed by atoms with E-state index in [0.29, 0.717) is 28.0 Å². The molecule has 4 rings (SSSR count). The molecule has 1 aliphatic heterocycles. The van der Waals surface area contributed by atoms with Gasteiger partial charge in [0, 0.05) is 21.5 Å². The van der Waals surface area contributed by atoms with Crippen LogP contribution in [-0.4, -0.2) is 31.0 Å². The van der Waals surface area contributed by atoms with Crippen molar-refractivity contribution in [1.82, 2.24) is 19.5 Å². The molecular weight excluding hydrogens is 377 g/mol. The molecule has 1 fully saturated rings. The van der Waals surface area contributed by atoms with Crippen LogP contribution in [0.2, 0.25) is 10.0 Å². The molecule has 0 saturated carbocycles. The van der Waals surface area contributed by atoms with Crippen molar-refractivity contribution in [2.45, 2.75) is 25.3 Å². The minimum Gasteiger partial charge on any atom is -0.337 e. The second-order valence-electron chi connectivity index (χ2n) is 6.13. The van der Waals surface area contributed by atoms with Gasteiger partial charge in [0.25, 0.3) is 0 Å². The number of nitrogens with one attached hydrogen (secondary N) is 2. The van der Waals surface area contributed by atoms with Gasteiger partial charge in [0.05, 0.1) is 12.9 Å². The lowest BCUT2D eigenvalue weighted by molar-refractivity contribution is 0.606. The predicted molar refractivity (Wildman–Crippen MR) is 103 cm³/mol. The summed E-state index contributed by atoms with van der Waals surface area (Å²) in [6.45, 7) is 0.465. The molecule has 0 atom stereocenters. The van der Waals surface area contributed by atoms with Crippen LogP contribution in [0.4, 0.5) is 0 Å². The first kappa shape index (κ1) is 16.9. The third kappa shape index (κ3) is 3.30. The monoisotopic (exact) mass is 393 g/mol. The molecule has 0 amide bonds. The van der Waals surface area contributed by atoms with Crippen LogP contribution in [0, 0.1) is 5.41 Å². The van der Waals surface area contributed by atoms with E-state index in [1.54, 1.807) is 6.33 Å². The van der Waals surface area contributed by atoms with Gasteiger partial charge in [0.1, 0.15) is 11.3 Å². The second-order valence-corrected chi connectivity index (χ2v) is 8.17. The molecule has 8 heteroatoms. The van der Waals surface area contributed by atoms with E-state index in [1.807, 2.05) is 34.5 Å². The lowest BCUT2D eigenvalue weighted by Gasteiger charge is -2.18. The molecule has 1 aromatic carbocycles. The highest BCUT2D eigenvalue weighted by molar-refractivity contribution is 7.99. The second kappa shape index (κ2) is 7.02. The minimum absolute atomic E-state index is 0.209. The Hall–Kier alpha value is -1.50. The number of H-pyrrole nitrogens is 1. The number of rotatable bonds is 3. The smallest absolute Gasteiger partial charge is 0.173 e. The van der Waals surface area contributed by atoms with Crippen molar-refractivity contribution in [1.29, 1.82) is 5.41 Å². The molecule has 5 nitrogen and oxygen atoms in total. The molecule has 1 aliphatic rings. The van der Waals surface area contributed by atoms with Crippen LogP contribution in [0.1, 0.15) is 30.1 Å².